The molecule has 1 fully saturated rings. The van der Waals surface area contributed by atoms with Crippen LogP contribution in [0.3, 0.4) is 0 Å². The Labute approximate surface area is 194 Å². The standard InChI is InChI=1S/C27H27N3O3/c1-33-24-14-8-7-13-23(24)28-15-17-29(18-16-28)27(32)25(20-9-3-2-4-10-20)30-19-21-11-5-6-12-22(21)26(30)31/h2-14,25H,15-19H2,1H3/t25-/m1/s1. The molecule has 2 aliphatic rings. The summed E-state index contributed by atoms with van der Waals surface area (Å²) in [6.07, 6.45) is 0. The van der Waals surface area contributed by atoms with Crippen LogP contribution in [0.4, 0.5) is 5.69 Å². The van der Waals surface area contributed by atoms with Crippen molar-refractivity contribution in [2.24, 2.45) is 0 Å². The van der Waals surface area contributed by atoms with E-state index in [-0.39, 0.29) is 11.8 Å². The number of amides is 2. The maximum atomic E-state index is 13.8. The van der Waals surface area contributed by atoms with Crippen LogP contribution in [0.25, 0.3) is 0 Å². The second kappa shape index (κ2) is 8.98. The van der Waals surface area contributed by atoms with Gasteiger partial charge in [0.2, 0.25) is 5.91 Å². The molecule has 3 aromatic carbocycles. The summed E-state index contributed by atoms with van der Waals surface area (Å²) in [5, 5.41) is 0. The van der Waals surface area contributed by atoms with Gasteiger partial charge in [0, 0.05) is 38.3 Å². The molecule has 2 heterocycles. The zero-order valence-electron chi connectivity index (χ0n) is 18.7. The van der Waals surface area contributed by atoms with Gasteiger partial charge in [0.1, 0.15) is 11.8 Å². The van der Waals surface area contributed by atoms with Crippen molar-refractivity contribution in [3.8, 4) is 5.75 Å². The predicted molar refractivity (Wildman–Crippen MR) is 127 cm³/mol. The van der Waals surface area contributed by atoms with Crippen LogP contribution in [-0.2, 0) is 11.3 Å². The van der Waals surface area contributed by atoms with E-state index in [0.29, 0.717) is 38.3 Å². The van der Waals surface area contributed by atoms with Crippen LogP contribution in [0.2, 0.25) is 0 Å². The Balaban J connectivity index is 1.37. The van der Waals surface area contributed by atoms with E-state index >= 15 is 0 Å². The van der Waals surface area contributed by atoms with Crippen molar-refractivity contribution in [3.05, 3.63) is 95.6 Å². The first-order chi connectivity index (χ1) is 16.2. The minimum atomic E-state index is -0.635. The minimum Gasteiger partial charge on any atom is -0.495 e. The molecule has 0 spiro atoms. The summed E-state index contributed by atoms with van der Waals surface area (Å²) >= 11 is 0. The summed E-state index contributed by atoms with van der Waals surface area (Å²) in [7, 11) is 1.67. The molecule has 0 saturated carbocycles. The Morgan fingerprint density at radius 2 is 1.52 bits per heavy atom. The molecule has 6 heteroatoms. The molecule has 3 aromatic rings. The van der Waals surface area contributed by atoms with Crippen molar-refractivity contribution >= 4 is 17.5 Å². The number of carbonyl (C=O) groups excluding carboxylic acids is 2. The van der Waals surface area contributed by atoms with Gasteiger partial charge >= 0.3 is 0 Å². The highest BCUT2D eigenvalue weighted by Crippen LogP contribution is 2.34. The summed E-state index contributed by atoms with van der Waals surface area (Å²) < 4.78 is 5.51. The maximum Gasteiger partial charge on any atom is 0.255 e. The monoisotopic (exact) mass is 441 g/mol. The minimum absolute atomic E-state index is 0.0259. The van der Waals surface area contributed by atoms with Gasteiger partial charge in [-0.05, 0) is 29.3 Å². The Bertz CT molecular complexity index is 1160. The zero-order chi connectivity index (χ0) is 22.8. The van der Waals surface area contributed by atoms with Crippen molar-refractivity contribution in [1.82, 2.24) is 9.80 Å². The van der Waals surface area contributed by atoms with Crippen LogP contribution in [0, 0.1) is 0 Å². The second-order valence-electron chi connectivity index (χ2n) is 8.39. The highest BCUT2D eigenvalue weighted by molar-refractivity contribution is 6.01. The first-order valence-electron chi connectivity index (χ1n) is 11.3. The number of para-hydroxylation sites is 2. The topological polar surface area (TPSA) is 53.1 Å². The molecule has 2 aliphatic heterocycles. The van der Waals surface area contributed by atoms with E-state index < -0.39 is 6.04 Å². The van der Waals surface area contributed by atoms with Crippen LogP contribution in [0.15, 0.2) is 78.9 Å². The van der Waals surface area contributed by atoms with Gasteiger partial charge in [-0.3, -0.25) is 9.59 Å². The summed E-state index contributed by atoms with van der Waals surface area (Å²) in [6.45, 7) is 3.05. The van der Waals surface area contributed by atoms with Crippen LogP contribution in [0.5, 0.6) is 5.75 Å². The van der Waals surface area contributed by atoms with E-state index in [1.54, 1.807) is 12.0 Å². The number of piperazine rings is 1. The summed E-state index contributed by atoms with van der Waals surface area (Å²) in [4.78, 5) is 32.9. The van der Waals surface area contributed by atoms with E-state index in [9.17, 15) is 9.59 Å². The molecule has 2 amide bonds. The Kier molecular flexibility index (Phi) is 5.73. The lowest BCUT2D eigenvalue weighted by Gasteiger charge is -2.39. The van der Waals surface area contributed by atoms with E-state index in [4.69, 9.17) is 4.74 Å². The van der Waals surface area contributed by atoms with Crippen molar-refractivity contribution in [1.29, 1.82) is 0 Å². The predicted octanol–water partition coefficient (Wildman–Crippen LogP) is 3.74. The van der Waals surface area contributed by atoms with Gasteiger partial charge in [-0.1, -0.05) is 60.7 Å². The average molecular weight is 442 g/mol. The largest absolute Gasteiger partial charge is 0.495 e. The van der Waals surface area contributed by atoms with Crippen LogP contribution in [0.1, 0.15) is 27.5 Å². The van der Waals surface area contributed by atoms with E-state index in [2.05, 4.69) is 4.90 Å². The van der Waals surface area contributed by atoms with Crippen molar-refractivity contribution in [2.45, 2.75) is 12.6 Å². The molecule has 6 nitrogen and oxygen atoms in total. The first-order valence-corrected chi connectivity index (χ1v) is 11.3. The Hall–Kier alpha value is -3.80. The number of anilines is 1. The van der Waals surface area contributed by atoms with E-state index in [1.165, 1.54) is 0 Å². The van der Waals surface area contributed by atoms with Gasteiger partial charge in [-0.2, -0.15) is 0 Å². The molecule has 0 aliphatic carbocycles. The van der Waals surface area contributed by atoms with Gasteiger partial charge in [0.15, 0.2) is 0 Å². The number of fused-ring (bicyclic) bond motifs is 1. The number of rotatable bonds is 5. The number of methoxy groups -OCH3 is 1. The summed E-state index contributed by atoms with van der Waals surface area (Å²) in [5.74, 6) is 0.724. The fourth-order valence-electron chi connectivity index (χ4n) is 4.81. The molecule has 5 rings (SSSR count). The van der Waals surface area contributed by atoms with Crippen molar-refractivity contribution in [3.63, 3.8) is 0 Å². The van der Waals surface area contributed by atoms with Gasteiger partial charge in [0.25, 0.3) is 5.91 Å². The molecule has 0 radical (unpaired) electrons. The fraction of sp³-hybridized carbons (Fsp3) is 0.259. The number of carbonyl (C=O) groups is 2. The van der Waals surface area contributed by atoms with Crippen LogP contribution >= 0.6 is 0 Å². The number of benzene rings is 3. The lowest BCUT2D eigenvalue weighted by molar-refractivity contribution is -0.136. The van der Waals surface area contributed by atoms with Crippen LogP contribution in [-0.4, -0.2) is 54.9 Å². The molecule has 1 saturated heterocycles. The van der Waals surface area contributed by atoms with Gasteiger partial charge < -0.3 is 19.4 Å². The van der Waals surface area contributed by atoms with Gasteiger partial charge in [-0.25, -0.2) is 0 Å². The Morgan fingerprint density at radius 1 is 0.848 bits per heavy atom. The number of ether oxygens (including phenoxy) is 1. The smallest absolute Gasteiger partial charge is 0.255 e. The number of hydrogen-bond acceptors (Lipinski definition) is 4. The van der Waals surface area contributed by atoms with E-state index in [1.807, 2.05) is 83.8 Å². The van der Waals surface area contributed by atoms with Crippen LogP contribution < -0.4 is 9.64 Å². The van der Waals surface area contributed by atoms with Crippen molar-refractivity contribution < 1.29 is 14.3 Å². The Morgan fingerprint density at radius 3 is 2.24 bits per heavy atom. The molecule has 0 N–H and O–H groups in total. The molecule has 0 aromatic heterocycles. The van der Waals surface area contributed by atoms with Crippen molar-refractivity contribution in [2.75, 3.05) is 38.2 Å². The highest BCUT2D eigenvalue weighted by Gasteiger charge is 2.39. The zero-order valence-corrected chi connectivity index (χ0v) is 18.7. The SMILES string of the molecule is COc1ccccc1N1CCN(C(=O)[C@@H](c2ccccc2)N2Cc3ccccc3C2=O)CC1. The molecule has 1 atom stereocenters. The molecular weight excluding hydrogens is 414 g/mol. The summed E-state index contributed by atoms with van der Waals surface area (Å²) in [5.41, 5.74) is 3.54. The number of hydrogen-bond donors (Lipinski definition) is 0. The lowest BCUT2D eigenvalue weighted by Crippen LogP contribution is -2.52. The first kappa shape index (κ1) is 21.1. The summed E-state index contributed by atoms with van der Waals surface area (Å²) in [6, 6.07) is 24.6. The second-order valence-corrected chi connectivity index (χ2v) is 8.39. The van der Waals surface area contributed by atoms with Gasteiger partial charge in [-0.15, -0.1) is 0 Å². The third kappa shape index (κ3) is 3.93. The lowest BCUT2D eigenvalue weighted by atomic mass is 10.0. The molecule has 0 unspecified atom stereocenters. The van der Waals surface area contributed by atoms with E-state index in [0.717, 1.165) is 22.6 Å². The third-order valence-electron chi connectivity index (χ3n) is 6.53. The van der Waals surface area contributed by atoms with Gasteiger partial charge in [0.05, 0.1) is 12.8 Å². The third-order valence-corrected chi connectivity index (χ3v) is 6.53. The molecular formula is C27H27N3O3. The molecule has 0 bridgehead atoms. The fourth-order valence-corrected chi connectivity index (χ4v) is 4.81. The quantitative estimate of drug-likeness (QED) is 0.605. The maximum absolute atomic E-state index is 13.8. The number of nitrogens with zero attached hydrogens (tertiary/aromatic N) is 3. The normalized spacial score (nSPS) is 16.5. The molecule has 168 valence electrons. The highest BCUT2D eigenvalue weighted by atomic mass is 16.5. The average Bonchev–Trinajstić information content (AvgIpc) is 3.21. The molecule has 33 heavy (non-hydrogen) atoms.